The molecule has 2 nitrogen and oxygen atoms in total. The molecule has 3 rings (SSSR count). The lowest BCUT2D eigenvalue weighted by atomic mass is 10.0. The normalized spacial score (nSPS) is 18.3. The summed E-state index contributed by atoms with van der Waals surface area (Å²) in [6, 6.07) is 6.52. The molecular weight excluding hydrogens is 252 g/mol. The monoisotopic (exact) mass is 264 g/mol. The van der Waals surface area contributed by atoms with Gasteiger partial charge in [0.15, 0.2) is 0 Å². The van der Waals surface area contributed by atoms with Crippen LogP contribution in [0.4, 0.5) is 0 Å². The number of nitrogens with zero attached hydrogens (tertiary/aromatic N) is 1. The first-order valence-electron chi connectivity index (χ1n) is 5.14. The molecular formula is C12H13BrN2. The molecule has 1 heterocycles. The van der Waals surface area contributed by atoms with Gasteiger partial charge in [-0.1, -0.05) is 6.07 Å². The molecule has 0 bridgehead atoms. The summed E-state index contributed by atoms with van der Waals surface area (Å²) in [6.45, 7) is 0. The number of hydrogen-bond acceptors (Lipinski definition) is 1. The standard InChI is InChI=1S/C12H13BrN2/c1-15-7-10(13)9-6-8(2-3-11(9)15)12(14)4-5-12/h2-3,6-7H,4-5,14H2,1H3. The number of hydrogen-bond donors (Lipinski definition) is 1. The van der Waals surface area contributed by atoms with E-state index in [2.05, 4.69) is 51.9 Å². The van der Waals surface area contributed by atoms with Crippen molar-refractivity contribution in [2.75, 3.05) is 0 Å². The topological polar surface area (TPSA) is 30.9 Å². The highest BCUT2D eigenvalue weighted by atomic mass is 79.9. The molecule has 0 aliphatic heterocycles. The molecule has 2 aromatic rings. The second-order valence-electron chi connectivity index (χ2n) is 4.48. The average molecular weight is 265 g/mol. The molecule has 0 unspecified atom stereocenters. The predicted octanol–water partition coefficient (Wildman–Crippen LogP) is 2.89. The van der Waals surface area contributed by atoms with Gasteiger partial charge in [-0.15, -0.1) is 0 Å². The summed E-state index contributed by atoms with van der Waals surface area (Å²) in [6.07, 6.45) is 4.32. The molecule has 1 saturated carbocycles. The molecule has 1 aliphatic carbocycles. The summed E-state index contributed by atoms with van der Waals surface area (Å²) >= 11 is 3.58. The third-order valence-corrected chi connectivity index (χ3v) is 3.94. The zero-order valence-corrected chi connectivity index (χ0v) is 10.2. The van der Waals surface area contributed by atoms with Gasteiger partial charge in [0.2, 0.25) is 0 Å². The number of aromatic nitrogens is 1. The van der Waals surface area contributed by atoms with Gasteiger partial charge in [-0.05, 0) is 46.5 Å². The molecule has 1 aromatic carbocycles. The first kappa shape index (κ1) is 9.43. The van der Waals surface area contributed by atoms with Gasteiger partial charge in [0.05, 0.1) is 0 Å². The van der Waals surface area contributed by atoms with E-state index in [4.69, 9.17) is 5.73 Å². The molecule has 1 aliphatic rings. The fraction of sp³-hybridized carbons (Fsp3) is 0.333. The molecule has 0 saturated heterocycles. The fourth-order valence-electron chi connectivity index (χ4n) is 2.08. The third kappa shape index (κ3) is 1.34. The quantitative estimate of drug-likeness (QED) is 0.844. The molecule has 1 aromatic heterocycles. The van der Waals surface area contributed by atoms with E-state index in [-0.39, 0.29) is 5.54 Å². The molecule has 1 fully saturated rings. The highest BCUT2D eigenvalue weighted by Crippen LogP contribution is 2.43. The molecule has 0 amide bonds. The van der Waals surface area contributed by atoms with Crippen LogP contribution in [-0.2, 0) is 12.6 Å². The van der Waals surface area contributed by atoms with Crippen molar-refractivity contribution in [1.82, 2.24) is 4.57 Å². The number of rotatable bonds is 1. The van der Waals surface area contributed by atoms with Crippen LogP contribution in [-0.4, -0.2) is 4.57 Å². The molecule has 3 heteroatoms. The van der Waals surface area contributed by atoms with E-state index < -0.39 is 0 Å². The Morgan fingerprint density at radius 1 is 1.40 bits per heavy atom. The molecule has 2 N–H and O–H groups in total. The maximum atomic E-state index is 6.19. The van der Waals surface area contributed by atoms with Gasteiger partial charge < -0.3 is 10.3 Å². The van der Waals surface area contributed by atoms with E-state index in [1.807, 2.05) is 0 Å². The van der Waals surface area contributed by atoms with Crippen LogP contribution in [0.25, 0.3) is 10.9 Å². The van der Waals surface area contributed by atoms with E-state index in [1.54, 1.807) is 0 Å². The van der Waals surface area contributed by atoms with Gasteiger partial charge in [0.25, 0.3) is 0 Å². The van der Waals surface area contributed by atoms with Crippen LogP contribution in [0.1, 0.15) is 18.4 Å². The Labute approximate surface area is 97.2 Å². The summed E-state index contributed by atoms with van der Waals surface area (Å²) in [5.41, 5.74) is 8.67. The minimum atomic E-state index is -0.0382. The Kier molecular flexibility index (Phi) is 1.80. The van der Waals surface area contributed by atoms with Crippen LogP contribution >= 0.6 is 15.9 Å². The van der Waals surface area contributed by atoms with Crippen LogP contribution in [0, 0.1) is 0 Å². The Bertz CT molecular complexity index is 538. The van der Waals surface area contributed by atoms with Crippen molar-refractivity contribution >= 4 is 26.8 Å². The van der Waals surface area contributed by atoms with Crippen LogP contribution in [0.5, 0.6) is 0 Å². The van der Waals surface area contributed by atoms with Crippen molar-refractivity contribution in [3.05, 3.63) is 34.4 Å². The number of halogens is 1. The Morgan fingerprint density at radius 2 is 2.13 bits per heavy atom. The largest absolute Gasteiger partial charge is 0.349 e. The predicted molar refractivity (Wildman–Crippen MR) is 65.7 cm³/mol. The minimum absolute atomic E-state index is 0.0382. The van der Waals surface area contributed by atoms with Crippen molar-refractivity contribution in [3.63, 3.8) is 0 Å². The smallest absolute Gasteiger partial charge is 0.0489 e. The zero-order valence-electron chi connectivity index (χ0n) is 8.63. The Balaban J connectivity index is 2.25. The van der Waals surface area contributed by atoms with Crippen LogP contribution < -0.4 is 5.73 Å². The summed E-state index contributed by atoms with van der Waals surface area (Å²) < 4.78 is 3.27. The highest BCUT2D eigenvalue weighted by molar-refractivity contribution is 9.10. The van der Waals surface area contributed by atoms with E-state index in [9.17, 15) is 0 Å². The number of nitrogens with two attached hydrogens (primary N) is 1. The van der Waals surface area contributed by atoms with Crippen molar-refractivity contribution in [2.24, 2.45) is 12.8 Å². The molecule has 0 radical (unpaired) electrons. The third-order valence-electron chi connectivity index (χ3n) is 3.30. The lowest BCUT2D eigenvalue weighted by molar-refractivity contribution is 0.741. The van der Waals surface area contributed by atoms with Crippen LogP contribution in [0.15, 0.2) is 28.9 Å². The fourth-order valence-corrected chi connectivity index (χ4v) is 2.70. The number of aryl methyl sites for hydroxylation is 1. The lowest BCUT2D eigenvalue weighted by Gasteiger charge is -2.09. The van der Waals surface area contributed by atoms with Gasteiger partial charge in [0, 0.05) is 34.2 Å². The molecule has 0 atom stereocenters. The molecule has 0 spiro atoms. The number of benzene rings is 1. The van der Waals surface area contributed by atoms with Crippen molar-refractivity contribution in [2.45, 2.75) is 18.4 Å². The minimum Gasteiger partial charge on any atom is -0.349 e. The Hall–Kier alpha value is -0.800. The summed E-state index contributed by atoms with van der Waals surface area (Å²) in [7, 11) is 2.06. The van der Waals surface area contributed by atoms with Crippen molar-refractivity contribution in [1.29, 1.82) is 0 Å². The average Bonchev–Trinajstić information content (AvgIpc) is 2.90. The highest BCUT2D eigenvalue weighted by Gasteiger charge is 2.40. The Morgan fingerprint density at radius 3 is 2.80 bits per heavy atom. The maximum Gasteiger partial charge on any atom is 0.0489 e. The van der Waals surface area contributed by atoms with Gasteiger partial charge in [-0.2, -0.15) is 0 Å². The summed E-state index contributed by atoms with van der Waals surface area (Å²) in [4.78, 5) is 0. The van der Waals surface area contributed by atoms with Gasteiger partial charge >= 0.3 is 0 Å². The van der Waals surface area contributed by atoms with Gasteiger partial charge in [-0.25, -0.2) is 0 Å². The first-order valence-corrected chi connectivity index (χ1v) is 5.93. The molecule has 78 valence electrons. The number of fused-ring (bicyclic) bond motifs is 1. The zero-order chi connectivity index (χ0) is 10.6. The second kappa shape index (κ2) is 2.86. The van der Waals surface area contributed by atoms with E-state index in [0.717, 1.165) is 17.3 Å². The summed E-state index contributed by atoms with van der Waals surface area (Å²) in [5.74, 6) is 0. The lowest BCUT2D eigenvalue weighted by Crippen LogP contribution is -2.18. The SMILES string of the molecule is Cn1cc(Br)c2cc(C3(N)CC3)ccc21. The van der Waals surface area contributed by atoms with Crippen LogP contribution in [0.3, 0.4) is 0 Å². The molecule has 15 heavy (non-hydrogen) atoms. The maximum absolute atomic E-state index is 6.19. The van der Waals surface area contributed by atoms with Crippen LogP contribution in [0.2, 0.25) is 0 Å². The van der Waals surface area contributed by atoms with E-state index in [0.29, 0.717) is 0 Å². The van der Waals surface area contributed by atoms with Crippen molar-refractivity contribution in [3.8, 4) is 0 Å². The first-order chi connectivity index (χ1) is 7.10. The van der Waals surface area contributed by atoms with Gasteiger partial charge in [0.1, 0.15) is 0 Å². The van der Waals surface area contributed by atoms with E-state index in [1.165, 1.54) is 16.5 Å². The van der Waals surface area contributed by atoms with Gasteiger partial charge in [-0.3, -0.25) is 0 Å². The van der Waals surface area contributed by atoms with E-state index >= 15 is 0 Å². The second-order valence-corrected chi connectivity index (χ2v) is 5.33. The summed E-state index contributed by atoms with van der Waals surface area (Å²) in [5, 5.41) is 1.26. The van der Waals surface area contributed by atoms with Crippen molar-refractivity contribution < 1.29 is 0 Å².